The largest absolute Gasteiger partial charge is 0.395 e. The SMILES string of the molecule is C/C=C/c1ccc([C@@H]2[C@H]3CN(S(=O)(=O)c4ccccc4)CCCCN3[C@H]2CO)cc1. The normalized spacial score (nSPS) is 26.0. The summed E-state index contributed by atoms with van der Waals surface area (Å²) in [4.78, 5) is 2.65. The minimum atomic E-state index is -3.53. The highest BCUT2D eigenvalue weighted by molar-refractivity contribution is 7.89. The van der Waals surface area contributed by atoms with E-state index >= 15 is 0 Å². The van der Waals surface area contributed by atoms with Crippen molar-refractivity contribution in [1.82, 2.24) is 9.21 Å². The van der Waals surface area contributed by atoms with Crippen LogP contribution in [0.5, 0.6) is 0 Å². The molecule has 5 nitrogen and oxygen atoms in total. The van der Waals surface area contributed by atoms with Crippen molar-refractivity contribution < 1.29 is 13.5 Å². The van der Waals surface area contributed by atoms with Crippen LogP contribution in [0, 0.1) is 0 Å². The van der Waals surface area contributed by atoms with E-state index in [1.54, 1.807) is 28.6 Å². The van der Waals surface area contributed by atoms with Crippen LogP contribution in [0.1, 0.15) is 36.8 Å². The van der Waals surface area contributed by atoms with Gasteiger partial charge in [-0.2, -0.15) is 4.31 Å². The minimum Gasteiger partial charge on any atom is -0.395 e. The van der Waals surface area contributed by atoms with E-state index in [-0.39, 0.29) is 24.6 Å². The summed E-state index contributed by atoms with van der Waals surface area (Å²) in [5, 5.41) is 10.1. The molecule has 0 bridgehead atoms. The predicted molar refractivity (Wildman–Crippen MR) is 120 cm³/mol. The molecule has 2 aliphatic rings. The second kappa shape index (κ2) is 9.02. The molecule has 0 unspecified atom stereocenters. The maximum Gasteiger partial charge on any atom is 0.243 e. The average Bonchev–Trinajstić information content (AvgIpc) is 2.74. The standard InChI is InChI=1S/C24H30N2O3S/c1-2-8-19-11-13-20(14-12-19)24-22-17-25(15-6-7-16-26(22)23(24)18-27)30(28,29)21-9-4-3-5-10-21/h2-5,8-14,22-24,27H,6-7,15-18H2,1H3/b8-2+/t22-,23+,24-/m1/s1. The van der Waals surface area contributed by atoms with Gasteiger partial charge >= 0.3 is 0 Å². The molecule has 2 aliphatic heterocycles. The lowest BCUT2D eigenvalue weighted by Crippen LogP contribution is -2.67. The van der Waals surface area contributed by atoms with Crippen LogP contribution in [-0.4, -0.2) is 61.1 Å². The summed E-state index contributed by atoms with van der Waals surface area (Å²) in [6.07, 6.45) is 5.83. The third-order valence-corrected chi connectivity index (χ3v) is 8.27. The van der Waals surface area contributed by atoms with E-state index in [0.717, 1.165) is 24.9 Å². The molecule has 6 heteroatoms. The van der Waals surface area contributed by atoms with Gasteiger partial charge in [0.2, 0.25) is 10.0 Å². The van der Waals surface area contributed by atoms with Crippen molar-refractivity contribution in [1.29, 1.82) is 0 Å². The van der Waals surface area contributed by atoms with Crippen molar-refractivity contribution >= 4 is 16.1 Å². The molecule has 2 saturated heterocycles. The second-order valence-electron chi connectivity index (χ2n) is 8.13. The van der Waals surface area contributed by atoms with Gasteiger partial charge in [-0.15, -0.1) is 0 Å². The monoisotopic (exact) mass is 426 g/mol. The first-order chi connectivity index (χ1) is 14.6. The summed E-state index contributed by atoms with van der Waals surface area (Å²) in [7, 11) is -3.53. The molecule has 2 aromatic rings. The lowest BCUT2D eigenvalue weighted by Gasteiger charge is -2.57. The van der Waals surface area contributed by atoms with Crippen LogP contribution < -0.4 is 0 Å². The smallest absolute Gasteiger partial charge is 0.243 e. The van der Waals surface area contributed by atoms with Crippen LogP contribution >= 0.6 is 0 Å². The highest BCUT2D eigenvalue weighted by Crippen LogP contribution is 2.42. The molecule has 3 atom stereocenters. The van der Waals surface area contributed by atoms with Crippen LogP contribution in [0.2, 0.25) is 0 Å². The predicted octanol–water partition coefficient (Wildman–Crippen LogP) is 3.33. The number of benzene rings is 2. The van der Waals surface area contributed by atoms with E-state index in [0.29, 0.717) is 18.0 Å². The van der Waals surface area contributed by atoms with Crippen molar-refractivity contribution in [3.05, 3.63) is 71.8 Å². The summed E-state index contributed by atoms with van der Waals surface area (Å²) in [5.74, 6) is 0.126. The molecule has 160 valence electrons. The van der Waals surface area contributed by atoms with Crippen molar-refractivity contribution in [2.45, 2.75) is 42.7 Å². The summed E-state index contributed by atoms with van der Waals surface area (Å²) >= 11 is 0. The third-order valence-electron chi connectivity index (χ3n) is 6.39. The number of rotatable bonds is 5. The Morgan fingerprint density at radius 3 is 2.40 bits per heavy atom. The number of allylic oxidation sites excluding steroid dienone is 1. The van der Waals surface area contributed by atoms with Gasteiger partial charge in [0, 0.05) is 31.1 Å². The zero-order chi connectivity index (χ0) is 21.1. The van der Waals surface area contributed by atoms with E-state index in [4.69, 9.17) is 0 Å². The van der Waals surface area contributed by atoms with Gasteiger partial charge in [-0.25, -0.2) is 8.42 Å². The molecular weight excluding hydrogens is 396 g/mol. The number of hydrogen-bond donors (Lipinski definition) is 1. The molecule has 1 N–H and O–H groups in total. The Hall–Kier alpha value is -1.99. The fourth-order valence-electron chi connectivity index (χ4n) is 4.89. The van der Waals surface area contributed by atoms with Crippen LogP contribution in [0.3, 0.4) is 0 Å². The van der Waals surface area contributed by atoms with Crippen LogP contribution in [0.15, 0.2) is 65.6 Å². The highest BCUT2D eigenvalue weighted by Gasteiger charge is 2.50. The van der Waals surface area contributed by atoms with Crippen molar-refractivity contribution in [2.24, 2.45) is 0 Å². The van der Waals surface area contributed by atoms with Gasteiger partial charge in [0.05, 0.1) is 11.5 Å². The molecule has 2 fully saturated rings. The Bertz CT molecular complexity index is 973. The topological polar surface area (TPSA) is 60.9 Å². The van der Waals surface area contributed by atoms with Gasteiger partial charge in [0.1, 0.15) is 0 Å². The first-order valence-electron chi connectivity index (χ1n) is 10.7. The summed E-state index contributed by atoms with van der Waals surface area (Å²) in [6, 6.07) is 17.2. The van der Waals surface area contributed by atoms with E-state index < -0.39 is 10.0 Å². The van der Waals surface area contributed by atoms with Gasteiger partial charge in [0.15, 0.2) is 0 Å². The fraction of sp³-hybridized carbons (Fsp3) is 0.417. The second-order valence-corrected chi connectivity index (χ2v) is 10.1. The molecule has 2 aromatic carbocycles. The van der Waals surface area contributed by atoms with Gasteiger partial charge < -0.3 is 5.11 Å². The molecule has 0 amide bonds. The van der Waals surface area contributed by atoms with Gasteiger partial charge in [-0.3, -0.25) is 4.90 Å². The summed E-state index contributed by atoms with van der Waals surface area (Å²) in [6.45, 7) is 3.98. The molecular formula is C24H30N2O3S. The molecule has 30 heavy (non-hydrogen) atoms. The number of aliphatic hydroxyl groups excluding tert-OH is 1. The summed E-state index contributed by atoms with van der Waals surface area (Å²) in [5.41, 5.74) is 2.31. The van der Waals surface area contributed by atoms with E-state index in [9.17, 15) is 13.5 Å². The Kier molecular flexibility index (Phi) is 6.39. The quantitative estimate of drug-likeness (QED) is 0.797. The van der Waals surface area contributed by atoms with Crippen LogP contribution in [0.4, 0.5) is 0 Å². The Morgan fingerprint density at radius 1 is 1.03 bits per heavy atom. The Morgan fingerprint density at radius 2 is 1.73 bits per heavy atom. The molecule has 0 saturated carbocycles. The molecule has 2 heterocycles. The molecule has 0 radical (unpaired) electrons. The third kappa shape index (κ3) is 3.97. The van der Waals surface area contributed by atoms with Gasteiger partial charge in [-0.1, -0.05) is 54.6 Å². The van der Waals surface area contributed by atoms with Gasteiger partial charge in [0.25, 0.3) is 0 Å². The lowest BCUT2D eigenvalue weighted by atomic mass is 9.74. The number of aliphatic hydroxyl groups is 1. The maximum atomic E-state index is 13.3. The Labute approximate surface area is 179 Å². The van der Waals surface area contributed by atoms with Crippen molar-refractivity contribution in [2.75, 3.05) is 26.2 Å². The average molecular weight is 427 g/mol. The molecule has 0 spiro atoms. The molecule has 0 aromatic heterocycles. The maximum absolute atomic E-state index is 13.3. The fourth-order valence-corrected chi connectivity index (χ4v) is 6.41. The minimum absolute atomic E-state index is 0.0435. The number of hydrogen-bond acceptors (Lipinski definition) is 4. The zero-order valence-corrected chi connectivity index (χ0v) is 18.2. The van der Waals surface area contributed by atoms with Gasteiger partial charge in [-0.05, 0) is 49.6 Å². The first-order valence-corrected chi connectivity index (χ1v) is 12.1. The summed E-state index contributed by atoms with van der Waals surface area (Å²) < 4.78 is 28.2. The van der Waals surface area contributed by atoms with Crippen LogP contribution in [-0.2, 0) is 10.0 Å². The molecule has 0 aliphatic carbocycles. The number of nitrogens with zero attached hydrogens (tertiary/aromatic N) is 2. The van der Waals surface area contributed by atoms with Crippen molar-refractivity contribution in [3.8, 4) is 0 Å². The van der Waals surface area contributed by atoms with Crippen molar-refractivity contribution in [3.63, 3.8) is 0 Å². The number of sulfonamides is 1. The Balaban J connectivity index is 1.62. The first kappa shape index (κ1) is 21.2. The van der Waals surface area contributed by atoms with Crippen LogP contribution in [0.25, 0.3) is 6.08 Å². The van der Waals surface area contributed by atoms with E-state index in [1.165, 1.54) is 5.56 Å². The van der Waals surface area contributed by atoms with E-state index in [1.807, 2.05) is 19.1 Å². The lowest BCUT2D eigenvalue weighted by molar-refractivity contribution is -0.0553. The highest BCUT2D eigenvalue weighted by atomic mass is 32.2. The number of fused-ring (bicyclic) bond motifs is 1. The van der Waals surface area contributed by atoms with E-state index in [2.05, 4.69) is 35.2 Å². The zero-order valence-electron chi connectivity index (χ0n) is 17.4. The molecule has 4 rings (SSSR count).